The molecule has 1 aromatic heterocycles. The molecule has 0 spiro atoms. The van der Waals surface area contributed by atoms with E-state index in [0.717, 1.165) is 31.8 Å². The number of thiazole rings is 1. The van der Waals surface area contributed by atoms with Gasteiger partial charge in [-0.2, -0.15) is 0 Å². The first-order chi connectivity index (χ1) is 8.56. The van der Waals surface area contributed by atoms with E-state index in [9.17, 15) is 0 Å². The molecule has 0 aliphatic rings. The number of nitrogens with one attached hydrogen (secondary N) is 1. The molecule has 0 atom stereocenters. The molecule has 0 saturated carbocycles. The summed E-state index contributed by atoms with van der Waals surface area (Å²) < 4.78 is 2.11. The Kier molecular flexibility index (Phi) is 4.95. The van der Waals surface area contributed by atoms with E-state index in [1.807, 2.05) is 6.07 Å². The van der Waals surface area contributed by atoms with Crippen LogP contribution < -0.4 is 5.32 Å². The van der Waals surface area contributed by atoms with Gasteiger partial charge in [0, 0.05) is 32.5 Å². The summed E-state index contributed by atoms with van der Waals surface area (Å²) in [5.74, 6) is 0. The van der Waals surface area contributed by atoms with Crippen molar-refractivity contribution in [2.45, 2.75) is 26.4 Å². The molecule has 1 N–H and O–H groups in total. The maximum Gasteiger partial charge on any atom is 0.123 e. The molecule has 0 fully saturated rings. The molecule has 2 aromatic rings. The average molecular weight is 390 g/mol. The van der Waals surface area contributed by atoms with E-state index in [2.05, 4.69) is 73.5 Å². The number of rotatable bonds is 4. The summed E-state index contributed by atoms with van der Waals surface area (Å²) in [6, 6.07) is 6.68. The van der Waals surface area contributed by atoms with Gasteiger partial charge in [-0.25, -0.2) is 4.98 Å². The summed E-state index contributed by atoms with van der Waals surface area (Å²) in [6.45, 7) is 5.10. The topological polar surface area (TPSA) is 24.9 Å². The molecule has 0 aliphatic carbocycles. The molecule has 0 bridgehead atoms. The highest BCUT2D eigenvalue weighted by Gasteiger charge is 2.07. The van der Waals surface area contributed by atoms with Crippen LogP contribution in [0.25, 0.3) is 10.6 Å². The van der Waals surface area contributed by atoms with Crippen molar-refractivity contribution in [3.63, 3.8) is 0 Å². The Hall–Kier alpha value is -0.230. The second-order valence-corrected chi connectivity index (χ2v) is 6.88. The summed E-state index contributed by atoms with van der Waals surface area (Å²) in [6.07, 6.45) is 0. The van der Waals surface area contributed by atoms with Gasteiger partial charge in [-0.1, -0.05) is 19.9 Å². The van der Waals surface area contributed by atoms with E-state index in [1.165, 1.54) is 0 Å². The van der Waals surface area contributed by atoms with Crippen LogP contribution in [0.5, 0.6) is 0 Å². The first kappa shape index (κ1) is 14.2. The SMILES string of the molecule is CC(C)NCc1csc(-c2ccc(Br)c(Br)c2)n1. The summed E-state index contributed by atoms with van der Waals surface area (Å²) in [5, 5.41) is 6.55. The van der Waals surface area contributed by atoms with Crippen molar-refractivity contribution >= 4 is 43.2 Å². The van der Waals surface area contributed by atoms with Crippen molar-refractivity contribution in [3.05, 3.63) is 38.2 Å². The number of benzene rings is 1. The van der Waals surface area contributed by atoms with Crippen molar-refractivity contribution in [1.82, 2.24) is 10.3 Å². The minimum Gasteiger partial charge on any atom is -0.309 e. The second kappa shape index (κ2) is 6.28. The monoisotopic (exact) mass is 388 g/mol. The van der Waals surface area contributed by atoms with Crippen LogP contribution in [0.15, 0.2) is 32.5 Å². The van der Waals surface area contributed by atoms with Gasteiger partial charge in [-0.3, -0.25) is 0 Å². The van der Waals surface area contributed by atoms with E-state index >= 15 is 0 Å². The molecule has 0 saturated heterocycles. The van der Waals surface area contributed by atoms with Crippen molar-refractivity contribution in [3.8, 4) is 10.6 Å². The van der Waals surface area contributed by atoms with Crippen molar-refractivity contribution in [2.75, 3.05) is 0 Å². The highest BCUT2D eigenvalue weighted by Crippen LogP contribution is 2.30. The lowest BCUT2D eigenvalue weighted by atomic mass is 10.2. The van der Waals surface area contributed by atoms with Crippen LogP contribution in [0.1, 0.15) is 19.5 Å². The van der Waals surface area contributed by atoms with Gasteiger partial charge in [-0.05, 0) is 44.0 Å². The maximum absolute atomic E-state index is 4.64. The van der Waals surface area contributed by atoms with Gasteiger partial charge in [-0.15, -0.1) is 11.3 Å². The normalized spacial score (nSPS) is 11.2. The molecule has 0 unspecified atom stereocenters. The Bertz CT molecular complexity index is 538. The molecule has 5 heteroatoms. The summed E-state index contributed by atoms with van der Waals surface area (Å²) in [7, 11) is 0. The summed E-state index contributed by atoms with van der Waals surface area (Å²) >= 11 is 8.67. The van der Waals surface area contributed by atoms with Crippen LogP contribution in [0.3, 0.4) is 0 Å². The minimum atomic E-state index is 0.483. The fraction of sp³-hybridized carbons (Fsp3) is 0.308. The molecular formula is C13H14Br2N2S. The summed E-state index contributed by atoms with van der Waals surface area (Å²) in [5.41, 5.74) is 2.24. The fourth-order valence-corrected chi connectivity index (χ4v) is 2.90. The zero-order valence-corrected chi connectivity index (χ0v) is 14.2. The van der Waals surface area contributed by atoms with Gasteiger partial charge in [0.25, 0.3) is 0 Å². The zero-order valence-electron chi connectivity index (χ0n) is 10.2. The quantitative estimate of drug-likeness (QED) is 0.809. The first-order valence-corrected chi connectivity index (χ1v) is 8.16. The smallest absolute Gasteiger partial charge is 0.123 e. The largest absolute Gasteiger partial charge is 0.309 e. The maximum atomic E-state index is 4.64. The number of halogens is 2. The fourth-order valence-electron chi connectivity index (χ4n) is 1.46. The van der Waals surface area contributed by atoms with Gasteiger partial charge < -0.3 is 5.32 Å². The third kappa shape index (κ3) is 3.63. The van der Waals surface area contributed by atoms with E-state index in [1.54, 1.807) is 11.3 Å². The molecule has 18 heavy (non-hydrogen) atoms. The highest BCUT2D eigenvalue weighted by molar-refractivity contribution is 9.13. The molecule has 0 radical (unpaired) electrons. The van der Waals surface area contributed by atoms with Crippen LogP contribution in [0, 0.1) is 0 Å². The molecule has 0 amide bonds. The van der Waals surface area contributed by atoms with Gasteiger partial charge in [0.15, 0.2) is 0 Å². The minimum absolute atomic E-state index is 0.483. The number of hydrogen-bond donors (Lipinski definition) is 1. The van der Waals surface area contributed by atoms with Crippen molar-refractivity contribution in [1.29, 1.82) is 0 Å². The Labute approximate surface area is 128 Å². The zero-order chi connectivity index (χ0) is 13.1. The van der Waals surface area contributed by atoms with Gasteiger partial charge in [0.05, 0.1) is 5.69 Å². The molecule has 1 heterocycles. The second-order valence-electron chi connectivity index (χ2n) is 4.31. The van der Waals surface area contributed by atoms with Crippen LogP contribution in [-0.4, -0.2) is 11.0 Å². The molecule has 1 aromatic carbocycles. The Morgan fingerprint density at radius 2 is 2.06 bits per heavy atom. The molecule has 2 nitrogen and oxygen atoms in total. The average Bonchev–Trinajstić information content (AvgIpc) is 2.79. The van der Waals surface area contributed by atoms with Crippen LogP contribution in [-0.2, 0) is 6.54 Å². The molecular weight excluding hydrogens is 376 g/mol. The third-order valence-corrected chi connectivity index (χ3v) is 5.23. The van der Waals surface area contributed by atoms with E-state index < -0.39 is 0 Å². The molecule has 2 rings (SSSR count). The highest BCUT2D eigenvalue weighted by atomic mass is 79.9. The lowest BCUT2D eigenvalue weighted by Crippen LogP contribution is -2.21. The number of hydrogen-bond acceptors (Lipinski definition) is 3. The van der Waals surface area contributed by atoms with Crippen molar-refractivity contribution < 1.29 is 0 Å². The van der Waals surface area contributed by atoms with E-state index in [4.69, 9.17) is 0 Å². The first-order valence-electron chi connectivity index (χ1n) is 5.69. The predicted octanol–water partition coefficient (Wildman–Crippen LogP) is 4.83. The van der Waals surface area contributed by atoms with Gasteiger partial charge in [0.1, 0.15) is 5.01 Å². The lowest BCUT2D eigenvalue weighted by molar-refractivity contribution is 0.583. The molecule has 0 aliphatic heterocycles. The van der Waals surface area contributed by atoms with Gasteiger partial charge >= 0.3 is 0 Å². The third-order valence-electron chi connectivity index (χ3n) is 2.41. The van der Waals surface area contributed by atoms with Crippen LogP contribution in [0.4, 0.5) is 0 Å². The summed E-state index contributed by atoms with van der Waals surface area (Å²) in [4.78, 5) is 4.64. The Balaban J connectivity index is 2.16. The van der Waals surface area contributed by atoms with Gasteiger partial charge in [0.2, 0.25) is 0 Å². The van der Waals surface area contributed by atoms with Crippen LogP contribution in [0.2, 0.25) is 0 Å². The van der Waals surface area contributed by atoms with Crippen LogP contribution >= 0.6 is 43.2 Å². The lowest BCUT2D eigenvalue weighted by Gasteiger charge is -2.04. The van der Waals surface area contributed by atoms with E-state index in [0.29, 0.717) is 6.04 Å². The van der Waals surface area contributed by atoms with Crippen molar-refractivity contribution in [2.24, 2.45) is 0 Å². The van der Waals surface area contributed by atoms with E-state index in [-0.39, 0.29) is 0 Å². The molecule has 96 valence electrons. The Morgan fingerprint density at radius 3 is 2.72 bits per heavy atom. The number of nitrogens with zero attached hydrogens (tertiary/aromatic N) is 1. The number of aromatic nitrogens is 1. The predicted molar refractivity (Wildman–Crippen MR) is 84.9 cm³/mol. The standard InChI is InChI=1S/C13H14Br2N2S/c1-8(2)16-6-10-7-18-13(17-10)9-3-4-11(14)12(15)5-9/h3-5,7-8,16H,6H2,1-2H3. The Morgan fingerprint density at radius 1 is 1.28 bits per heavy atom.